The fourth-order valence-electron chi connectivity index (χ4n) is 4.71. The highest BCUT2D eigenvalue weighted by Gasteiger charge is 2.21. The molecule has 184 valence electrons. The van der Waals surface area contributed by atoms with Crippen molar-refractivity contribution >= 4 is 28.2 Å². The SMILES string of the molecule is Cc1ccc2c(N3CCN(CCc4c(F)ccc(NC(=O)c5ccccc5)c4F)CC3)cccc2n1. The molecule has 3 aromatic carbocycles. The van der Waals surface area contributed by atoms with Gasteiger partial charge in [0.05, 0.1) is 11.2 Å². The summed E-state index contributed by atoms with van der Waals surface area (Å²) in [6.07, 6.45) is 0.226. The fourth-order valence-corrected chi connectivity index (χ4v) is 4.71. The second-order valence-electron chi connectivity index (χ2n) is 9.08. The lowest BCUT2D eigenvalue weighted by Gasteiger charge is -2.36. The third-order valence-electron chi connectivity index (χ3n) is 6.71. The molecule has 5 nitrogen and oxygen atoms in total. The van der Waals surface area contributed by atoms with Crippen LogP contribution in [0, 0.1) is 18.6 Å². The van der Waals surface area contributed by atoms with Gasteiger partial charge < -0.3 is 10.2 Å². The van der Waals surface area contributed by atoms with E-state index < -0.39 is 17.5 Å². The first kappa shape index (κ1) is 23.9. The monoisotopic (exact) mass is 486 g/mol. The van der Waals surface area contributed by atoms with Crippen LogP contribution in [0.15, 0.2) is 72.8 Å². The number of hydrogen-bond acceptors (Lipinski definition) is 4. The standard InChI is InChI=1S/C29H28F2N4O/c1-20-10-11-23-25(32-20)8-5-9-27(23)35-18-16-34(17-19-35)15-14-22-24(30)12-13-26(28(22)31)33-29(36)21-6-3-2-4-7-21/h2-13H,14-19H2,1H3,(H,33,36). The Kier molecular flexibility index (Phi) is 6.91. The number of piperazine rings is 1. The Labute approximate surface area is 209 Å². The van der Waals surface area contributed by atoms with E-state index in [1.807, 2.05) is 25.1 Å². The van der Waals surface area contributed by atoms with Crippen LogP contribution in [0.5, 0.6) is 0 Å². The number of fused-ring (bicyclic) bond motifs is 1. The Hall–Kier alpha value is -3.84. The lowest BCUT2D eigenvalue weighted by Crippen LogP contribution is -2.47. The molecule has 5 rings (SSSR count). The number of hydrogen-bond donors (Lipinski definition) is 1. The van der Waals surface area contributed by atoms with Crippen LogP contribution in [0.3, 0.4) is 0 Å². The van der Waals surface area contributed by atoms with Gasteiger partial charge >= 0.3 is 0 Å². The first-order chi connectivity index (χ1) is 17.5. The van der Waals surface area contributed by atoms with E-state index in [0.717, 1.165) is 42.8 Å². The normalized spacial score (nSPS) is 14.2. The Morgan fingerprint density at radius 2 is 1.69 bits per heavy atom. The number of aryl methyl sites for hydroxylation is 1. The van der Waals surface area contributed by atoms with E-state index in [1.54, 1.807) is 30.3 Å². The molecule has 1 aliphatic heterocycles. The summed E-state index contributed by atoms with van der Waals surface area (Å²) in [5.74, 6) is -1.74. The van der Waals surface area contributed by atoms with E-state index in [0.29, 0.717) is 12.1 Å². The van der Waals surface area contributed by atoms with Crippen molar-refractivity contribution in [3.63, 3.8) is 0 Å². The maximum absolute atomic E-state index is 15.1. The number of anilines is 2. The minimum absolute atomic E-state index is 0.00112. The third-order valence-corrected chi connectivity index (χ3v) is 6.71. The summed E-state index contributed by atoms with van der Waals surface area (Å²) in [6, 6.07) is 21.4. The molecule has 7 heteroatoms. The molecule has 36 heavy (non-hydrogen) atoms. The minimum Gasteiger partial charge on any atom is -0.368 e. The number of amides is 1. The highest BCUT2D eigenvalue weighted by Crippen LogP contribution is 2.27. The van der Waals surface area contributed by atoms with Crippen LogP contribution in [-0.4, -0.2) is 48.5 Å². The summed E-state index contributed by atoms with van der Waals surface area (Å²) >= 11 is 0. The first-order valence-corrected chi connectivity index (χ1v) is 12.2. The van der Waals surface area contributed by atoms with E-state index in [1.165, 1.54) is 17.8 Å². The number of nitrogens with zero attached hydrogens (tertiary/aromatic N) is 3. The van der Waals surface area contributed by atoms with E-state index in [4.69, 9.17) is 0 Å². The smallest absolute Gasteiger partial charge is 0.255 e. The summed E-state index contributed by atoms with van der Waals surface area (Å²) in [5.41, 5.74) is 3.55. The largest absolute Gasteiger partial charge is 0.368 e. The summed E-state index contributed by atoms with van der Waals surface area (Å²) < 4.78 is 29.7. The number of benzene rings is 3. The van der Waals surface area contributed by atoms with Crippen LogP contribution in [-0.2, 0) is 6.42 Å². The zero-order valence-corrected chi connectivity index (χ0v) is 20.2. The van der Waals surface area contributed by atoms with E-state index >= 15 is 4.39 Å². The molecule has 1 aromatic heterocycles. The maximum Gasteiger partial charge on any atom is 0.255 e. The van der Waals surface area contributed by atoms with Crippen LogP contribution >= 0.6 is 0 Å². The van der Waals surface area contributed by atoms with Gasteiger partial charge in [-0.25, -0.2) is 8.78 Å². The molecule has 0 saturated carbocycles. The highest BCUT2D eigenvalue weighted by atomic mass is 19.1. The number of carbonyl (C=O) groups excluding carboxylic acids is 1. The van der Waals surface area contributed by atoms with Crippen LogP contribution in [0.4, 0.5) is 20.2 Å². The third kappa shape index (κ3) is 5.06. The van der Waals surface area contributed by atoms with Crippen molar-refractivity contribution < 1.29 is 13.6 Å². The molecule has 0 bridgehead atoms. The molecule has 1 fully saturated rings. The minimum atomic E-state index is -0.712. The van der Waals surface area contributed by atoms with Gasteiger partial charge in [-0.1, -0.05) is 24.3 Å². The Balaban J connectivity index is 1.22. The predicted molar refractivity (Wildman–Crippen MR) is 140 cm³/mol. The number of pyridine rings is 1. The topological polar surface area (TPSA) is 48.5 Å². The molecule has 0 atom stereocenters. The van der Waals surface area contributed by atoms with Crippen molar-refractivity contribution in [2.45, 2.75) is 13.3 Å². The molecular weight excluding hydrogens is 458 g/mol. The summed E-state index contributed by atoms with van der Waals surface area (Å²) in [6.45, 7) is 5.76. The molecule has 1 amide bonds. The van der Waals surface area contributed by atoms with Gasteiger partial charge in [-0.05, 0) is 61.9 Å². The van der Waals surface area contributed by atoms with E-state index in [9.17, 15) is 9.18 Å². The molecule has 0 radical (unpaired) electrons. The number of halogens is 2. The van der Waals surface area contributed by atoms with Crippen molar-refractivity contribution in [3.05, 3.63) is 101 Å². The van der Waals surface area contributed by atoms with Gasteiger partial charge in [-0.3, -0.25) is 14.7 Å². The second kappa shape index (κ2) is 10.4. The highest BCUT2D eigenvalue weighted by molar-refractivity contribution is 6.04. The Morgan fingerprint density at radius 1 is 0.917 bits per heavy atom. The van der Waals surface area contributed by atoms with Gasteiger partial charge in [-0.15, -0.1) is 0 Å². The van der Waals surface area contributed by atoms with Crippen molar-refractivity contribution in [3.8, 4) is 0 Å². The van der Waals surface area contributed by atoms with Gasteiger partial charge in [0.25, 0.3) is 5.91 Å². The van der Waals surface area contributed by atoms with Gasteiger partial charge in [0.2, 0.25) is 0 Å². The molecule has 1 saturated heterocycles. The zero-order valence-electron chi connectivity index (χ0n) is 20.2. The van der Waals surface area contributed by atoms with Crippen molar-refractivity contribution in [1.29, 1.82) is 0 Å². The van der Waals surface area contributed by atoms with Crippen molar-refractivity contribution in [1.82, 2.24) is 9.88 Å². The molecule has 1 N–H and O–H groups in total. The van der Waals surface area contributed by atoms with Crippen molar-refractivity contribution in [2.75, 3.05) is 42.9 Å². The summed E-state index contributed by atoms with van der Waals surface area (Å²) in [4.78, 5) is 21.6. The quantitative estimate of drug-likeness (QED) is 0.394. The van der Waals surface area contributed by atoms with Crippen molar-refractivity contribution in [2.24, 2.45) is 0 Å². The lowest BCUT2D eigenvalue weighted by molar-refractivity contribution is 0.102. The zero-order chi connectivity index (χ0) is 25.1. The molecule has 1 aliphatic rings. The van der Waals surface area contributed by atoms with E-state index in [2.05, 4.69) is 32.2 Å². The van der Waals surface area contributed by atoms with Gasteiger partial charge in [0.15, 0.2) is 5.82 Å². The first-order valence-electron chi connectivity index (χ1n) is 12.2. The van der Waals surface area contributed by atoms with Gasteiger partial charge in [0, 0.05) is 60.6 Å². The number of rotatable bonds is 6. The molecule has 0 spiro atoms. The van der Waals surface area contributed by atoms with Crippen LogP contribution in [0.25, 0.3) is 10.9 Å². The lowest BCUT2D eigenvalue weighted by atomic mass is 10.1. The molecular formula is C29H28F2N4O. The van der Waals surface area contributed by atoms with Crippen LogP contribution < -0.4 is 10.2 Å². The average molecular weight is 487 g/mol. The Bertz CT molecular complexity index is 1390. The van der Waals surface area contributed by atoms with Gasteiger partial charge in [-0.2, -0.15) is 0 Å². The maximum atomic E-state index is 15.1. The molecule has 4 aromatic rings. The van der Waals surface area contributed by atoms with Gasteiger partial charge in [0.1, 0.15) is 5.82 Å². The number of carbonyl (C=O) groups is 1. The number of nitrogens with one attached hydrogen (secondary N) is 1. The molecule has 0 aliphatic carbocycles. The molecule has 2 heterocycles. The average Bonchev–Trinajstić information content (AvgIpc) is 2.90. The summed E-state index contributed by atoms with van der Waals surface area (Å²) in [7, 11) is 0. The van der Waals surface area contributed by atoms with Crippen LogP contribution in [0.1, 0.15) is 21.6 Å². The predicted octanol–water partition coefficient (Wildman–Crippen LogP) is 5.44. The summed E-state index contributed by atoms with van der Waals surface area (Å²) in [5, 5.41) is 3.70. The number of aromatic nitrogens is 1. The Morgan fingerprint density at radius 3 is 2.47 bits per heavy atom. The van der Waals surface area contributed by atoms with Crippen LogP contribution in [0.2, 0.25) is 0 Å². The molecule has 0 unspecified atom stereocenters. The van der Waals surface area contributed by atoms with E-state index in [-0.39, 0.29) is 17.7 Å². The fraction of sp³-hybridized carbons (Fsp3) is 0.241. The second-order valence-corrected chi connectivity index (χ2v) is 9.08.